The van der Waals surface area contributed by atoms with Gasteiger partial charge in [-0.3, -0.25) is 4.99 Å². The van der Waals surface area contributed by atoms with Crippen LogP contribution in [0.15, 0.2) is 35.3 Å². The first kappa shape index (κ1) is 13.8. The van der Waals surface area contributed by atoms with E-state index >= 15 is 0 Å². The smallest absolute Gasteiger partial charge is 0.156 e. The van der Waals surface area contributed by atoms with Crippen LogP contribution in [-0.4, -0.2) is 35.5 Å². The van der Waals surface area contributed by atoms with Crippen molar-refractivity contribution in [3.63, 3.8) is 0 Å². The van der Waals surface area contributed by atoms with Gasteiger partial charge in [0, 0.05) is 18.3 Å². The summed E-state index contributed by atoms with van der Waals surface area (Å²) in [5.74, 6) is 2.34. The van der Waals surface area contributed by atoms with Crippen molar-refractivity contribution in [3.05, 3.63) is 35.9 Å². The number of nitrogens with one attached hydrogen (secondary N) is 1. The Morgan fingerprint density at radius 3 is 3.00 bits per heavy atom. The largest absolute Gasteiger partial charge is 0.361 e. The van der Waals surface area contributed by atoms with Gasteiger partial charge in [0.2, 0.25) is 0 Å². The fraction of sp³-hybridized carbons (Fsp3) is 0.500. The van der Waals surface area contributed by atoms with E-state index in [0.29, 0.717) is 6.04 Å². The van der Waals surface area contributed by atoms with Crippen LogP contribution in [-0.2, 0) is 6.42 Å². The first-order chi connectivity index (χ1) is 8.88. The summed E-state index contributed by atoms with van der Waals surface area (Å²) in [6.45, 7) is 0.953. The molecule has 2 rings (SSSR count). The van der Waals surface area contributed by atoms with Crippen molar-refractivity contribution < 1.29 is 0 Å². The third kappa shape index (κ3) is 4.58. The minimum absolute atomic E-state index is 0.539. The average Bonchev–Trinajstić information content (AvgIpc) is 2.84. The number of aliphatic imine (C=N–C) groups is 1. The van der Waals surface area contributed by atoms with Gasteiger partial charge in [-0.25, -0.2) is 0 Å². The van der Waals surface area contributed by atoms with Crippen molar-refractivity contribution in [2.45, 2.75) is 18.9 Å². The van der Waals surface area contributed by atoms with E-state index in [0.717, 1.165) is 23.9 Å². The van der Waals surface area contributed by atoms with E-state index in [1.165, 1.54) is 17.7 Å². The molecule has 18 heavy (non-hydrogen) atoms. The van der Waals surface area contributed by atoms with E-state index in [4.69, 9.17) is 0 Å². The predicted octanol–water partition coefficient (Wildman–Crippen LogP) is 3.04. The minimum atomic E-state index is 0.539. The third-order valence-corrected chi connectivity index (χ3v) is 4.62. The highest BCUT2D eigenvalue weighted by Crippen LogP contribution is 2.17. The van der Waals surface area contributed by atoms with Crippen molar-refractivity contribution in [1.29, 1.82) is 0 Å². The summed E-state index contributed by atoms with van der Waals surface area (Å²) >= 11 is 3.75. The predicted molar refractivity (Wildman–Crippen MR) is 84.8 cm³/mol. The van der Waals surface area contributed by atoms with Crippen molar-refractivity contribution in [1.82, 2.24) is 5.32 Å². The van der Waals surface area contributed by atoms with Crippen molar-refractivity contribution in [2.75, 3.05) is 24.3 Å². The Hall–Kier alpha value is -0.610. The van der Waals surface area contributed by atoms with Crippen LogP contribution in [0.25, 0.3) is 0 Å². The molecule has 1 N–H and O–H groups in total. The Bertz CT molecular complexity index is 379. The van der Waals surface area contributed by atoms with Gasteiger partial charge < -0.3 is 5.32 Å². The summed E-state index contributed by atoms with van der Waals surface area (Å²) in [6, 6.07) is 11.2. The molecule has 0 spiro atoms. The molecular weight excluding hydrogens is 260 g/mol. The molecule has 1 saturated heterocycles. The van der Waals surface area contributed by atoms with Gasteiger partial charge in [-0.2, -0.15) is 11.8 Å². The molecule has 2 nitrogen and oxygen atoms in total. The van der Waals surface area contributed by atoms with Crippen molar-refractivity contribution in [3.8, 4) is 0 Å². The number of nitrogens with zero attached hydrogens (tertiary/aromatic N) is 1. The van der Waals surface area contributed by atoms with Gasteiger partial charge in [0.15, 0.2) is 5.17 Å². The molecule has 0 bridgehead atoms. The number of rotatable bonds is 6. The van der Waals surface area contributed by atoms with Gasteiger partial charge in [0.1, 0.15) is 0 Å². The molecule has 0 saturated carbocycles. The molecule has 1 unspecified atom stereocenters. The normalized spacial score (nSPS) is 21.2. The van der Waals surface area contributed by atoms with Crippen LogP contribution in [0.3, 0.4) is 0 Å². The van der Waals surface area contributed by atoms with Crippen LogP contribution in [0.5, 0.6) is 0 Å². The van der Waals surface area contributed by atoms with Crippen molar-refractivity contribution in [2.24, 2.45) is 4.99 Å². The topological polar surface area (TPSA) is 24.4 Å². The first-order valence-electron chi connectivity index (χ1n) is 6.35. The molecule has 4 heteroatoms. The lowest BCUT2D eigenvalue weighted by atomic mass is 10.1. The fourth-order valence-electron chi connectivity index (χ4n) is 1.93. The molecule has 1 aromatic carbocycles. The second-order valence-electron chi connectivity index (χ2n) is 4.38. The maximum atomic E-state index is 4.61. The van der Waals surface area contributed by atoms with Gasteiger partial charge in [-0.1, -0.05) is 42.1 Å². The number of hydrogen-bond acceptors (Lipinski definition) is 3. The fourth-order valence-corrected chi connectivity index (χ4v) is 3.34. The summed E-state index contributed by atoms with van der Waals surface area (Å²) in [5, 5.41) is 4.66. The monoisotopic (exact) mass is 280 g/mol. The Morgan fingerprint density at radius 2 is 2.22 bits per heavy atom. The highest BCUT2D eigenvalue weighted by molar-refractivity contribution is 8.14. The quantitative estimate of drug-likeness (QED) is 0.811. The van der Waals surface area contributed by atoms with Crippen LogP contribution in [0, 0.1) is 0 Å². The lowest BCUT2D eigenvalue weighted by Crippen LogP contribution is -2.29. The second-order valence-corrected chi connectivity index (χ2v) is 6.37. The number of thioether (sulfide) groups is 2. The van der Waals surface area contributed by atoms with Gasteiger partial charge in [0.25, 0.3) is 0 Å². The van der Waals surface area contributed by atoms with E-state index < -0.39 is 0 Å². The molecule has 1 atom stereocenters. The lowest BCUT2D eigenvalue weighted by Gasteiger charge is -2.09. The SMILES string of the molecule is CSCCCN=C1NC(Cc2ccccc2)CS1. The molecule has 0 radical (unpaired) electrons. The maximum absolute atomic E-state index is 4.61. The van der Waals surface area contributed by atoms with E-state index in [1.807, 2.05) is 23.5 Å². The third-order valence-electron chi connectivity index (χ3n) is 2.84. The summed E-state index contributed by atoms with van der Waals surface area (Å²) in [6.07, 6.45) is 4.42. The molecule has 98 valence electrons. The standard InChI is InChI=1S/C14H20N2S2/c1-17-9-5-8-15-14-16-13(11-18-14)10-12-6-3-2-4-7-12/h2-4,6-7,13H,5,8-11H2,1H3,(H,15,16). The van der Waals surface area contributed by atoms with Gasteiger partial charge in [-0.05, 0) is 30.4 Å². The number of hydrogen-bond donors (Lipinski definition) is 1. The molecular formula is C14H20N2S2. The summed E-state index contributed by atoms with van der Waals surface area (Å²) in [5.41, 5.74) is 1.40. The maximum Gasteiger partial charge on any atom is 0.156 e. The highest BCUT2D eigenvalue weighted by Gasteiger charge is 2.19. The van der Waals surface area contributed by atoms with Gasteiger partial charge in [-0.15, -0.1) is 0 Å². The van der Waals surface area contributed by atoms with E-state index in [1.54, 1.807) is 0 Å². The average molecular weight is 280 g/mol. The molecule has 0 amide bonds. The number of benzene rings is 1. The zero-order valence-electron chi connectivity index (χ0n) is 10.8. The van der Waals surface area contributed by atoms with Gasteiger partial charge in [0.05, 0.1) is 0 Å². The second kappa shape index (κ2) is 7.74. The molecule has 1 aliphatic rings. The van der Waals surface area contributed by atoms with Crippen LogP contribution in [0.2, 0.25) is 0 Å². The van der Waals surface area contributed by atoms with Gasteiger partial charge >= 0.3 is 0 Å². The summed E-state index contributed by atoms with van der Waals surface area (Å²) in [4.78, 5) is 4.61. The Kier molecular flexibility index (Phi) is 5.94. The molecule has 0 aromatic heterocycles. The van der Waals surface area contributed by atoms with Crippen molar-refractivity contribution >= 4 is 28.7 Å². The summed E-state index contributed by atoms with van der Waals surface area (Å²) in [7, 11) is 0. The molecule has 0 aliphatic carbocycles. The zero-order chi connectivity index (χ0) is 12.6. The Morgan fingerprint density at radius 1 is 1.39 bits per heavy atom. The van der Waals surface area contributed by atoms with Crippen LogP contribution in [0.1, 0.15) is 12.0 Å². The van der Waals surface area contributed by atoms with E-state index in [2.05, 4.69) is 46.9 Å². The highest BCUT2D eigenvalue weighted by atomic mass is 32.2. The molecule has 1 heterocycles. The minimum Gasteiger partial charge on any atom is -0.361 e. The molecule has 1 aliphatic heterocycles. The Labute approximate surface area is 118 Å². The molecule has 1 fully saturated rings. The van der Waals surface area contributed by atoms with E-state index in [9.17, 15) is 0 Å². The summed E-state index contributed by atoms with van der Waals surface area (Å²) < 4.78 is 0. The van der Waals surface area contributed by atoms with Crippen LogP contribution >= 0.6 is 23.5 Å². The number of amidine groups is 1. The Balaban J connectivity index is 1.75. The van der Waals surface area contributed by atoms with E-state index in [-0.39, 0.29) is 0 Å². The first-order valence-corrected chi connectivity index (χ1v) is 8.73. The van der Waals surface area contributed by atoms with Crippen LogP contribution < -0.4 is 5.32 Å². The van der Waals surface area contributed by atoms with Crippen LogP contribution in [0.4, 0.5) is 0 Å². The lowest BCUT2D eigenvalue weighted by molar-refractivity contribution is 0.686. The molecule has 1 aromatic rings. The zero-order valence-corrected chi connectivity index (χ0v) is 12.4.